The summed E-state index contributed by atoms with van der Waals surface area (Å²) < 4.78 is 29.0. The van der Waals surface area contributed by atoms with Crippen LogP contribution < -0.4 is 4.72 Å². The number of thiazole rings is 1. The molecule has 2 heterocycles. The van der Waals surface area contributed by atoms with Gasteiger partial charge in [0.1, 0.15) is 4.90 Å². The Hall–Kier alpha value is -2.19. The third-order valence-electron chi connectivity index (χ3n) is 4.36. The van der Waals surface area contributed by atoms with Gasteiger partial charge in [0.25, 0.3) is 10.0 Å². The van der Waals surface area contributed by atoms with Crippen molar-refractivity contribution in [1.29, 1.82) is 0 Å². The summed E-state index contributed by atoms with van der Waals surface area (Å²) >= 11 is 1.28. The van der Waals surface area contributed by atoms with E-state index in [0.717, 1.165) is 24.1 Å². The molecule has 1 aromatic carbocycles. The fraction of sp³-hybridized carbons (Fsp3) is 0.294. The van der Waals surface area contributed by atoms with Gasteiger partial charge in [-0.15, -0.1) is 11.3 Å². The first-order valence-electron chi connectivity index (χ1n) is 8.18. The maximum Gasteiger partial charge on any atom is 0.266 e. The number of nitrogens with one attached hydrogen (secondary N) is 1. The summed E-state index contributed by atoms with van der Waals surface area (Å²) in [7, 11) is -3.67. The molecule has 0 aliphatic heterocycles. The third-order valence-corrected chi connectivity index (χ3v) is 6.54. The predicted octanol–water partition coefficient (Wildman–Crippen LogP) is 3.32. The lowest BCUT2D eigenvalue weighted by Crippen LogP contribution is -2.12. The van der Waals surface area contributed by atoms with Crippen molar-refractivity contribution in [3.63, 3.8) is 0 Å². The number of rotatable bonds is 5. The molecule has 0 amide bonds. The Morgan fingerprint density at radius 3 is 2.92 bits per heavy atom. The van der Waals surface area contributed by atoms with Gasteiger partial charge in [-0.2, -0.15) is 5.10 Å². The monoisotopic (exact) mass is 374 g/mol. The van der Waals surface area contributed by atoms with Crippen molar-refractivity contribution in [2.24, 2.45) is 0 Å². The maximum atomic E-state index is 12.4. The van der Waals surface area contributed by atoms with Crippen LogP contribution >= 0.6 is 11.3 Å². The molecular weight excluding hydrogens is 356 g/mol. The molecule has 8 heteroatoms. The zero-order valence-electron chi connectivity index (χ0n) is 13.8. The number of fused-ring (bicyclic) bond motifs is 1. The van der Waals surface area contributed by atoms with Gasteiger partial charge in [-0.1, -0.05) is 12.1 Å². The SMILES string of the molecule is CCn1cc(S(=O)(=O)Nc2nc(-c3ccc4c(c3)CCC4)cs2)cn1. The molecule has 1 aliphatic carbocycles. The summed E-state index contributed by atoms with van der Waals surface area (Å²) in [4.78, 5) is 4.59. The molecule has 0 spiro atoms. The summed E-state index contributed by atoms with van der Waals surface area (Å²) in [6.07, 6.45) is 6.31. The average Bonchev–Trinajstić information content (AvgIpc) is 3.33. The van der Waals surface area contributed by atoms with E-state index in [1.54, 1.807) is 4.68 Å². The minimum atomic E-state index is -3.67. The molecule has 0 radical (unpaired) electrons. The molecular formula is C17H18N4O2S2. The van der Waals surface area contributed by atoms with E-state index in [2.05, 4.69) is 33.0 Å². The smallest absolute Gasteiger partial charge is 0.266 e. The molecule has 2 aromatic heterocycles. The molecule has 0 atom stereocenters. The first-order chi connectivity index (χ1) is 12.0. The quantitative estimate of drug-likeness (QED) is 0.743. The van der Waals surface area contributed by atoms with Gasteiger partial charge in [0.2, 0.25) is 0 Å². The highest BCUT2D eigenvalue weighted by atomic mass is 32.2. The lowest BCUT2D eigenvalue weighted by molar-refractivity contribution is 0.600. The number of hydrogen-bond donors (Lipinski definition) is 1. The summed E-state index contributed by atoms with van der Waals surface area (Å²) in [5.74, 6) is 0. The van der Waals surface area contributed by atoms with Crippen molar-refractivity contribution < 1.29 is 8.42 Å². The van der Waals surface area contributed by atoms with Crippen LogP contribution in [-0.2, 0) is 29.4 Å². The van der Waals surface area contributed by atoms with E-state index in [4.69, 9.17) is 0 Å². The Morgan fingerprint density at radius 1 is 1.28 bits per heavy atom. The fourth-order valence-electron chi connectivity index (χ4n) is 3.01. The molecule has 0 unspecified atom stereocenters. The second kappa shape index (κ2) is 6.27. The largest absolute Gasteiger partial charge is 0.272 e. The highest BCUT2D eigenvalue weighted by Crippen LogP contribution is 2.30. The van der Waals surface area contributed by atoms with Gasteiger partial charge in [0.15, 0.2) is 5.13 Å². The van der Waals surface area contributed by atoms with Gasteiger partial charge in [-0.3, -0.25) is 9.40 Å². The Balaban J connectivity index is 1.57. The number of benzene rings is 1. The highest BCUT2D eigenvalue weighted by molar-refractivity contribution is 7.93. The maximum absolute atomic E-state index is 12.4. The van der Waals surface area contributed by atoms with Crippen LogP contribution in [0.5, 0.6) is 0 Å². The van der Waals surface area contributed by atoms with Crippen LogP contribution in [0, 0.1) is 0 Å². The molecule has 25 heavy (non-hydrogen) atoms. The van der Waals surface area contributed by atoms with Gasteiger partial charge in [0.05, 0.1) is 11.9 Å². The number of aryl methyl sites for hydroxylation is 3. The number of anilines is 1. The molecule has 0 saturated carbocycles. The first kappa shape index (κ1) is 16.3. The molecule has 3 aromatic rings. The van der Waals surface area contributed by atoms with Crippen molar-refractivity contribution in [1.82, 2.24) is 14.8 Å². The van der Waals surface area contributed by atoms with E-state index in [9.17, 15) is 8.42 Å². The Labute approximate surface area is 150 Å². The number of nitrogens with zero attached hydrogens (tertiary/aromatic N) is 3. The fourth-order valence-corrected chi connectivity index (χ4v) is 4.94. The van der Waals surface area contributed by atoms with Crippen LogP contribution in [0.2, 0.25) is 0 Å². The molecule has 0 saturated heterocycles. The first-order valence-corrected chi connectivity index (χ1v) is 10.5. The van der Waals surface area contributed by atoms with Crippen molar-refractivity contribution in [2.45, 2.75) is 37.6 Å². The second-order valence-electron chi connectivity index (χ2n) is 6.01. The van der Waals surface area contributed by atoms with E-state index in [1.807, 2.05) is 12.3 Å². The summed E-state index contributed by atoms with van der Waals surface area (Å²) in [6, 6.07) is 6.38. The number of sulfonamides is 1. The van der Waals surface area contributed by atoms with E-state index in [-0.39, 0.29) is 4.90 Å². The van der Waals surface area contributed by atoms with E-state index in [0.29, 0.717) is 11.7 Å². The molecule has 0 fully saturated rings. The molecule has 4 rings (SSSR count). The van der Waals surface area contributed by atoms with Gasteiger partial charge < -0.3 is 0 Å². The lowest BCUT2D eigenvalue weighted by Gasteiger charge is -2.03. The molecule has 6 nitrogen and oxygen atoms in total. The van der Waals surface area contributed by atoms with Gasteiger partial charge in [-0.05, 0) is 43.4 Å². The summed E-state index contributed by atoms with van der Waals surface area (Å²) in [5, 5.41) is 6.25. The molecule has 0 bridgehead atoms. The molecule has 130 valence electrons. The number of aromatic nitrogens is 3. The van der Waals surface area contributed by atoms with Crippen molar-refractivity contribution >= 4 is 26.5 Å². The van der Waals surface area contributed by atoms with Gasteiger partial charge in [0, 0.05) is 23.7 Å². The zero-order valence-corrected chi connectivity index (χ0v) is 15.4. The number of hydrogen-bond acceptors (Lipinski definition) is 5. The van der Waals surface area contributed by atoms with Gasteiger partial charge in [-0.25, -0.2) is 13.4 Å². The van der Waals surface area contributed by atoms with E-state index in [1.165, 1.54) is 41.3 Å². The highest BCUT2D eigenvalue weighted by Gasteiger charge is 2.19. The predicted molar refractivity (Wildman–Crippen MR) is 98.3 cm³/mol. The second-order valence-corrected chi connectivity index (χ2v) is 8.55. The standard InChI is InChI=1S/C17H18N4O2S2/c1-2-21-10-15(9-18-21)25(22,23)20-17-19-16(11-24-17)14-7-6-12-4-3-5-13(12)8-14/h6-11H,2-5H2,1H3,(H,19,20). The average molecular weight is 374 g/mol. The third kappa shape index (κ3) is 3.19. The van der Waals surface area contributed by atoms with Crippen LogP contribution in [0.4, 0.5) is 5.13 Å². The minimum absolute atomic E-state index is 0.142. The molecule has 1 aliphatic rings. The summed E-state index contributed by atoms with van der Waals surface area (Å²) in [5.41, 5.74) is 4.61. The Morgan fingerprint density at radius 2 is 2.12 bits per heavy atom. The minimum Gasteiger partial charge on any atom is -0.272 e. The van der Waals surface area contributed by atoms with E-state index < -0.39 is 10.0 Å². The van der Waals surface area contributed by atoms with Crippen molar-refractivity contribution in [3.8, 4) is 11.3 Å². The Kier molecular flexibility index (Phi) is 4.09. The van der Waals surface area contributed by atoms with Crippen LogP contribution in [0.3, 0.4) is 0 Å². The zero-order chi connectivity index (χ0) is 17.4. The molecule has 1 N–H and O–H groups in total. The van der Waals surface area contributed by atoms with Crippen molar-refractivity contribution in [2.75, 3.05) is 4.72 Å². The van der Waals surface area contributed by atoms with Crippen LogP contribution in [0.15, 0.2) is 40.9 Å². The van der Waals surface area contributed by atoms with Crippen LogP contribution in [0.1, 0.15) is 24.5 Å². The van der Waals surface area contributed by atoms with Crippen molar-refractivity contribution in [3.05, 3.63) is 47.1 Å². The lowest BCUT2D eigenvalue weighted by atomic mass is 10.1. The van der Waals surface area contributed by atoms with Crippen LogP contribution in [0.25, 0.3) is 11.3 Å². The topological polar surface area (TPSA) is 76.9 Å². The van der Waals surface area contributed by atoms with E-state index >= 15 is 0 Å². The van der Waals surface area contributed by atoms with Crippen LogP contribution in [-0.4, -0.2) is 23.2 Å². The normalized spacial score (nSPS) is 13.8. The van der Waals surface area contributed by atoms with Gasteiger partial charge >= 0.3 is 0 Å². The summed E-state index contributed by atoms with van der Waals surface area (Å²) in [6.45, 7) is 2.52. The Bertz CT molecular complexity index is 1020.